The number of likely N-dealkylation sites (tertiary alicyclic amines) is 1. The number of anilines is 1. The second kappa shape index (κ2) is 5.38. The maximum Gasteiger partial charge on any atom is 0.250 e. The normalized spacial score (nSPS) is 35.6. The Bertz CT molecular complexity index is 887. The van der Waals surface area contributed by atoms with Crippen LogP contribution in [0.5, 0.6) is 0 Å². The Labute approximate surface area is 156 Å². The second-order valence-electron chi connectivity index (χ2n) is 8.12. The molecular formula is C20H22FN3O3. The lowest BCUT2D eigenvalue weighted by Crippen LogP contribution is -2.54. The molecule has 3 saturated heterocycles. The average molecular weight is 371 g/mol. The number of fused-ring (bicyclic) bond motifs is 7. The van der Waals surface area contributed by atoms with Crippen LogP contribution >= 0.6 is 0 Å². The van der Waals surface area contributed by atoms with E-state index in [4.69, 9.17) is 0 Å². The number of rotatable bonds is 2. The van der Waals surface area contributed by atoms with E-state index in [1.54, 1.807) is 6.07 Å². The highest BCUT2D eigenvalue weighted by molar-refractivity contribution is 6.15. The third-order valence-corrected chi connectivity index (χ3v) is 7.02. The topological polar surface area (TPSA) is 69.7 Å². The summed E-state index contributed by atoms with van der Waals surface area (Å²) in [6.45, 7) is 4.42. The lowest BCUT2D eigenvalue weighted by Gasteiger charge is -2.37. The van der Waals surface area contributed by atoms with Crippen LogP contribution in [-0.2, 0) is 19.9 Å². The Morgan fingerprint density at radius 2 is 2.07 bits per heavy atom. The van der Waals surface area contributed by atoms with Crippen molar-refractivity contribution in [3.05, 3.63) is 29.6 Å². The maximum absolute atomic E-state index is 14.1. The molecule has 0 aromatic heterocycles. The van der Waals surface area contributed by atoms with E-state index in [1.165, 1.54) is 17.0 Å². The maximum atomic E-state index is 14.1. The van der Waals surface area contributed by atoms with Gasteiger partial charge in [-0.1, -0.05) is 6.92 Å². The van der Waals surface area contributed by atoms with Crippen LogP contribution in [0.3, 0.4) is 0 Å². The Kier molecular flexibility index (Phi) is 3.36. The average Bonchev–Trinajstić information content (AvgIpc) is 3.33. The summed E-state index contributed by atoms with van der Waals surface area (Å²) in [5.41, 5.74) is -0.243. The van der Waals surface area contributed by atoms with E-state index in [1.807, 2.05) is 18.7 Å². The summed E-state index contributed by atoms with van der Waals surface area (Å²) >= 11 is 0. The number of nitrogens with one attached hydrogen (secondary N) is 1. The van der Waals surface area contributed by atoms with Crippen LogP contribution in [0.25, 0.3) is 0 Å². The number of hydrogen-bond acceptors (Lipinski definition) is 4. The van der Waals surface area contributed by atoms with Gasteiger partial charge in [-0.2, -0.15) is 0 Å². The van der Waals surface area contributed by atoms with Gasteiger partial charge in [-0.25, -0.2) is 4.39 Å². The molecular weight excluding hydrogens is 349 g/mol. The minimum Gasteiger partial charge on any atom is -0.324 e. The van der Waals surface area contributed by atoms with Gasteiger partial charge in [0.25, 0.3) is 0 Å². The quantitative estimate of drug-likeness (QED) is 0.806. The molecule has 27 heavy (non-hydrogen) atoms. The van der Waals surface area contributed by atoms with Gasteiger partial charge in [-0.3, -0.25) is 24.2 Å². The molecule has 0 radical (unpaired) electrons. The summed E-state index contributed by atoms with van der Waals surface area (Å²) in [4.78, 5) is 43.3. The summed E-state index contributed by atoms with van der Waals surface area (Å²) in [7, 11) is 0. The number of carbonyl (C=O) groups excluding carboxylic acids is 3. The highest BCUT2D eigenvalue weighted by Crippen LogP contribution is 2.60. The zero-order chi connectivity index (χ0) is 19.1. The van der Waals surface area contributed by atoms with E-state index in [0.29, 0.717) is 24.2 Å². The molecule has 1 N–H and O–H groups in total. The smallest absolute Gasteiger partial charge is 0.250 e. The first-order valence-electron chi connectivity index (χ1n) is 9.68. The molecule has 7 heteroatoms. The van der Waals surface area contributed by atoms with Crippen molar-refractivity contribution in [1.29, 1.82) is 0 Å². The van der Waals surface area contributed by atoms with Crippen molar-refractivity contribution >= 4 is 23.4 Å². The number of imide groups is 1. The SMILES string of the molecule is CCC(C)N1C(=O)[C@@H]2C3CCCN3C3(C(=O)Nc4ccc(F)cc43)[C@@H]2C1=O. The van der Waals surface area contributed by atoms with Crippen LogP contribution in [0.2, 0.25) is 0 Å². The fourth-order valence-electron chi connectivity index (χ4n) is 5.81. The van der Waals surface area contributed by atoms with Crippen molar-refractivity contribution in [2.45, 2.75) is 50.7 Å². The molecule has 3 unspecified atom stereocenters. The summed E-state index contributed by atoms with van der Waals surface area (Å²) in [6.07, 6.45) is 2.29. The highest BCUT2D eigenvalue weighted by Gasteiger charge is 2.74. The van der Waals surface area contributed by atoms with Gasteiger partial charge in [0.05, 0.1) is 11.8 Å². The van der Waals surface area contributed by atoms with Crippen LogP contribution < -0.4 is 5.32 Å². The van der Waals surface area contributed by atoms with Crippen molar-refractivity contribution in [3.63, 3.8) is 0 Å². The summed E-state index contributed by atoms with van der Waals surface area (Å²) in [5.74, 6) is -2.54. The molecule has 1 spiro atoms. The van der Waals surface area contributed by atoms with Crippen molar-refractivity contribution in [1.82, 2.24) is 9.80 Å². The van der Waals surface area contributed by atoms with Gasteiger partial charge in [-0.05, 0) is 50.9 Å². The van der Waals surface area contributed by atoms with Gasteiger partial charge in [0.1, 0.15) is 11.4 Å². The summed E-state index contributed by atoms with van der Waals surface area (Å²) < 4.78 is 14.1. The number of halogens is 1. The summed E-state index contributed by atoms with van der Waals surface area (Å²) in [5, 5.41) is 2.85. The van der Waals surface area contributed by atoms with Crippen molar-refractivity contribution in [2.75, 3.05) is 11.9 Å². The first-order chi connectivity index (χ1) is 12.9. The largest absolute Gasteiger partial charge is 0.324 e. The standard InChI is InChI=1S/C20H22FN3O3/c1-3-10(2)24-17(25)15-14-5-4-8-23(14)20(16(15)18(24)26)12-9-11(21)6-7-13(12)22-19(20)27/h6-7,9-10,14-16H,3-5,8H2,1-2H3,(H,22,27)/t10?,14?,15-,16+,20?/m1/s1. The zero-order valence-corrected chi connectivity index (χ0v) is 15.4. The molecule has 4 heterocycles. The van der Waals surface area contributed by atoms with Gasteiger partial charge in [-0.15, -0.1) is 0 Å². The van der Waals surface area contributed by atoms with Gasteiger partial charge < -0.3 is 5.32 Å². The molecule has 0 bridgehead atoms. The minimum atomic E-state index is -1.28. The third kappa shape index (κ3) is 1.81. The molecule has 5 rings (SSSR count). The fourth-order valence-corrected chi connectivity index (χ4v) is 5.81. The van der Waals surface area contributed by atoms with Gasteiger partial charge >= 0.3 is 0 Å². The predicted molar refractivity (Wildman–Crippen MR) is 95.0 cm³/mol. The van der Waals surface area contributed by atoms with Crippen LogP contribution in [-0.4, -0.2) is 46.1 Å². The Hall–Kier alpha value is -2.28. The molecule has 3 fully saturated rings. The molecule has 0 saturated carbocycles. The molecule has 0 aliphatic carbocycles. The van der Waals surface area contributed by atoms with Crippen molar-refractivity contribution < 1.29 is 18.8 Å². The second-order valence-corrected chi connectivity index (χ2v) is 8.12. The fraction of sp³-hybridized carbons (Fsp3) is 0.550. The van der Waals surface area contributed by atoms with Gasteiger partial charge in [0.15, 0.2) is 0 Å². The number of benzene rings is 1. The first-order valence-corrected chi connectivity index (χ1v) is 9.68. The monoisotopic (exact) mass is 371 g/mol. The summed E-state index contributed by atoms with van der Waals surface area (Å²) in [6, 6.07) is 3.84. The molecule has 5 atom stereocenters. The molecule has 4 aliphatic rings. The zero-order valence-electron chi connectivity index (χ0n) is 15.4. The highest BCUT2D eigenvalue weighted by atomic mass is 19.1. The van der Waals surface area contributed by atoms with E-state index in [0.717, 1.165) is 12.8 Å². The molecule has 1 aromatic rings. The number of carbonyl (C=O) groups is 3. The molecule has 4 aliphatic heterocycles. The minimum absolute atomic E-state index is 0.152. The van der Waals surface area contributed by atoms with E-state index < -0.39 is 23.2 Å². The van der Waals surface area contributed by atoms with E-state index in [9.17, 15) is 18.8 Å². The number of nitrogens with zero attached hydrogens (tertiary/aromatic N) is 2. The van der Waals surface area contributed by atoms with Crippen LogP contribution in [0, 0.1) is 17.7 Å². The van der Waals surface area contributed by atoms with Crippen molar-refractivity contribution in [3.8, 4) is 0 Å². The van der Waals surface area contributed by atoms with Gasteiger partial charge in [0, 0.05) is 23.3 Å². The molecule has 142 valence electrons. The predicted octanol–water partition coefficient (Wildman–Crippen LogP) is 1.85. The van der Waals surface area contributed by atoms with E-state index in [-0.39, 0.29) is 29.8 Å². The Morgan fingerprint density at radius 3 is 2.81 bits per heavy atom. The Morgan fingerprint density at radius 1 is 1.30 bits per heavy atom. The van der Waals surface area contributed by atoms with Crippen LogP contribution in [0.4, 0.5) is 10.1 Å². The first kappa shape index (κ1) is 16.9. The lowest BCUT2D eigenvalue weighted by atomic mass is 9.75. The van der Waals surface area contributed by atoms with Crippen LogP contribution in [0.1, 0.15) is 38.7 Å². The van der Waals surface area contributed by atoms with E-state index >= 15 is 0 Å². The van der Waals surface area contributed by atoms with Crippen molar-refractivity contribution in [2.24, 2.45) is 11.8 Å². The number of hydrogen-bond donors (Lipinski definition) is 1. The molecule has 1 aromatic carbocycles. The molecule has 3 amide bonds. The third-order valence-electron chi connectivity index (χ3n) is 7.02. The van der Waals surface area contributed by atoms with Crippen LogP contribution in [0.15, 0.2) is 18.2 Å². The van der Waals surface area contributed by atoms with Gasteiger partial charge in [0.2, 0.25) is 17.7 Å². The van der Waals surface area contributed by atoms with E-state index in [2.05, 4.69) is 5.32 Å². The lowest BCUT2D eigenvalue weighted by molar-refractivity contribution is -0.147. The molecule has 6 nitrogen and oxygen atoms in total. The number of amides is 3. The Balaban J connectivity index is 1.74.